The maximum Gasteiger partial charge on any atom is 0.226 e. The molecule has 0 saturated carbocycles. The highest BCUT2D eigenvalue weighted by Crippen LogP contribution is 2.26. The van der Waals surface area contributed by atoms with Gasteiger partial charge in [-0.25, -0.2) is 0 Å². The summed E-state index contributed by atoms with van der Waals surface area (Å²) in [4.78, 5) is 13.7. The Balaban J connectivity index is 2.38. The molecule has 1 heterocycles. The number of benzene rings is 1. The summed E-state index contributed by atoms with van der Waals surface area (Å²) < 4.78 is 0. The molecule has 1 amide bonds. The van der Waals surface area contributed by atoms with E-state index in [1.807, 2.05) is 30.0 Å². The summed E-state index contributed by atoms with van der Waals surface area (Å²) in [5, 5.41) is 0. The fourth-order valence-electron chi connectivity index (χ4n) is 2.27. The Bertz CT molecular complexity index is 401. The van der Waals surface area contributed by atoms with E-state index >= 15 is 0 Å². The van der Waals surface area contributed by atoms with E-state index in [0.29, 0.717) is 13.0 Å². The van der Waals surface area contributed by atoms with E-state index in [-0.39, 0.29) is 5.91 Å². The maximum absolute atomic E-state index is 11.9. The number of amides is 1. The molecule has 2 N–H and O–H groups in total. The number of aryl methyl sites for hydroxylation is 1. The van der Waals surface area contributed by atoms with Gasteiger partial charge in [-0.15, -0.1) is 0 Å². The molecule has 3 heteroatoms. The Labute approximate surface area is 96.2 Å². The molecule has 1 aromatic rings. The van der Waals surface area contributed by atoms with E-state index in [2.05, 4.69) is 0 Å². The third-order valence-corrected chi connectivity index (χ3v) is 3.20. The number of anilines is 1. The molecule has 0 spiro atoms. The average Bonchev–Trinajstić information content (AvgIpc) is 2.29. The standard InChI is InChI=1S/C13H18N2O/c1-10-5-4-6-12(11(10)9-14)15-8-3-2-7-13(15)16/h4-6H,2-3,7-9,14H2,1H3. The van der Waals surface area contributed by atoms with E-state index in [1.165, 1.54) is 5.56 Å². The minimum absolute atomic E-state index is 0.228. The van der Waals surface area contributed by atoms with Crippen molar-refractivity contribution in [3.05, 3.63) is 29.3 Å². The number of carbonyl (C=O) groups is 1. The summed E-state index contributed by atoms with van der Waals surface area (Å²) in [5.41, 5.74) is 9.03. The van der Waals surface area contributed by atoms with Gasteiger partial charge >= 0.3 is 0 Å². The first-order valence-corrected chi connectivity index (χ1v) is 5.83. The van der Waals surface area contributed by atoms with Crippen molar-refractivity contribution in [3.8, 4) is 0 Å². The van der Waals surface area contributed by atoms with Crippen molar-refractivity contribution >= 4 is 11.6 Å². The highest BCUT2D eigenvalue weighted by atomic mass is 16.2. The summed E-state index contributed by atoms with van der Waals surface area (Å²) >= 11 is 0. The smallest absolute Gasteiger partial charge is 0.226 e. The van der Waals surface area contributed by atoms with Crippen LogP contribution in [-0.4, -0.2) is 12.5 Å². The van der Waals surface area contributed by atoms with Gasteiger partial charge in [0.1, 0.15) is 0 Å². The molecule has 0 atom stereocenters. The quantitative estimate of drug-likeness (QED) is 0.825. The number of hydrogen-bond acceptors (Lipinski definition) is 2. The van der Waals surface area contributed by atoms with Gasteiger partial charge in [-0.1, -0.05) is 12.1 Å². The van der Waals surface area contributed by atoms with E-state index < -0.39 is 0 Å². The van der Waals surface area contributed by atoms with Crippen molar-refractivity contribution in [2.75, 3.05) is 11.4 Å². The predicted octanol–water partition coefficient (Wildman–Crippen LogP) is 1.97. The van der Waals surface area contributed by atoms with Gasteiger partial charge in [-0.2, -0.15) is 0 Å². The average molecular weight is 218 g/mol. The predicted molar refractivity (Wildman–Crippen MR) is 65.3 cm³/mol. The van der Waals surface area contributed by atoms with Crippen LogP contribution in [0.4, 0.5) is 5.69 Å². The first kappa shape index (κ1) is 11.1. The highest BCUT2D eigenvalue weighted by molar-refractivity contribution is 5.94. The van der Waals surface area contributed by atoms with Crippen LogP contribution in [0.15, 0.2) is 18.2 Å². The number of hydrogen-bond donors (Lipinski definition) is 1. The number of rotatable bonds is 2. The lowest BCUT2D eigenvalue weighted by atomic mass is 10.0. The van der Waals surface area contributed by atoms with Crippen LogP contribution in [-0.2, 0) is 11.3 Å². The Kier molecular flexibility index (Phi) is 3.25. The van der Waals surface area contributed by atoms with Crippen molar-refractivity contribution in [2.45, 2.75) is 32.7 Å². The Hall–Kier alpha value is -1.35. The summed E-state index contributed by atoms with van der Waals surface area (Å²) in [6.07, 6.45) is 2.76. The zero-order valence-electron chi connectivity index (χ0n) is 9.70. The molecule has 0 aromatic heterocycles. The monoisotopic (exact) mass is 218 g/mol. The molecular formula is C13H18N2O. The first-order valence-electron chi connectivity index (χ1n) is 5.83. The van der Waals surface area contributed by atoms with E-state index in [9.17, 15) is 4.79 Å². The van der Waals surface area contributed by atoms with Gasteiger partial charge in [0.15, 0.2) is 0 Å². The molecule has 0 radical (unpaired) electrons. The molecule has 86 valence electrons. The molecule has 0 aliphatic carbocycles. The molecule has 1 fully saturated rings. The van der Waals surface area contributed by atoms with Crippen LogP contribution in [0.3, 0.4) is 0 Å². The summed E-state index contributed by atoms with van der Waals surface area (Å²) in [5.74, 6) is 0.228. The van der Waals surface area contributed by atoms with Gasteiger partial charge in [0.05, 0.1) is 0 Å². The fraction of sp³-hybridized carbons (Fsp3) is 0.462. The molecule has 16 heavy (non-hydrogen) atoms. The second-order valence-electron chi connectivity index (χ2n) is 4.28. The van der Waals surface area contributed by atoms with Gasteiger partial charge in [0.2, 0.25) is 5.91 Å². The molecule has 1 aliphatic rings. The second-order valence-corrected chi connectivity index (χ2v) is 4.28. The van der Waals surface area contributed by atoms with Gasteiger partial charge in [-0.3, -0.25) is 4.79 Å². The van der Waals surface area contributed by atoms with Gasteiger partial charge in [-0.05, 0) is 37.0 Å². The molecule has 3 nitrogen and oxygen atoms in total. The topological polar surface area (TPSA) is 46.3 Å². The van der Waals surface area contributed by atoms with Crippen molar-refractivity contribution in [2.24, 2.45) is 5.73 Å². The lowest BCUT2D eigenvalue weighted by Crippen LogP contribution is -2.36. The number of carbonyl (C=O) groups excluding carboxylic acids is 1. The minimum Gasteiger partial charge on any atom is -0.326 e. The molecule has 1 aromatic carbocycles. The number of piperidine rings is 1. The van der Waals surface area contributed by atoms with E-state index in [1.54, 1.807) is 0 Å². The zero-order valence-corrected chi connectivity index (χ0v) is 9.70. The van der Waals surface area contributed by atoms with Crippen molar-refractivity contribution in [1.29, 1.82) is 0 Å². The Morgan fingerprint density at radius 1 is 1.38 bits per heavy atom. The van der Waals surface area contributed by atoms with Crippen LogP contribution in [0.25, 0.3) is 0 Å². The fourth-order valence-corrected chi connectivity index (χ4v) is 2.27. The minimum atomic E-state index is 0.228. The van der Waals surface area contributed by atoms with Crippen LogP contribution < -0.4 is 10.6 Å². The Morgan fingerprint density at radius 2 is 2.19 bits per heavy atom. The zero-order chi connectivity index (χ0) is 11.5. The SMILES string of the molecule is Cc1cccc(N2CCCCC2=O)c1CN. The molecule has 0 bridgehead atoms. The third-order valence-electron chi connectivity index (χ3n) is 3.20. The molecule has 1 saturated heterocycles. The molecule has 1 aliphatic heterocycles. The Morgan fingerprint density at radius 3 is 2.88 bits per heavy atom. The lowest BCUT2D eigenvalue weighted by Gasteiger charge is -2.29. The molecular weight excluding hydrogens is 200 g/mol. The van der Waals surface area contributed by atoms with Crippen LogP contribution >= 0.6 is 0 Å². The van der Waals surface area contributed by atoms with E-state index in [0.717, 1.165) is 30.6 Å². The van der Waals surface area contributed by atoms with Crippen molar-refractivity contribution in [3.63, 3.8) is 0 Å². The van der Waals surface area contributed by atoms with E-state index in [4.69, 9.17) is 5.73 Å². The number of nitrogens with zero attached hydrogens (tertiary/aromatic N) is 1. The summed E-state index contributed by atoms with van der Waals surface area (Å²) in [6.45, 7) is 3.36. The van der Waals surface area contributed by atoms with Crippen LogP contribution in [0.2, 0.25) is 0 Å². The molecule has 0 unspecified atom stereocenters. The van der Waals surface area contributed by atoms with Gasteiger partial charge in [0.25, 0.3) is 0 Å². The van der Waals surface area contributed by atoms with Crippen molar-refractivity contribution in [1.82, 2.24) is 0 Å². The van der Waals surface area contributed by atoms with Crippen LogP contribution in [0, 0.1) is 6.92 Å². The van der Waals surface area contributed by atoms with Crippen LogP contribution in [0.1, 0.15) is 30.4 Å². The number of nitrogens with two attached hydrogens (primary N) is 1. The summed E-state index contributed by atoms with van der Waals surface area (Å²) in [7, 11) is 0. The molecule has 2 rings (SSSR count). The lowest BCUT2D eigenvalue weighted by molar-refractivity contribution is -0.119. The maximum atomic E-state index is 11.9. The normalized spacial score (nSPS) is 16.6. The largest absolute Gasteiger partial charge is 0.326 e. The third kappa shape index (κ3) is 1.95. The van der Waals surface area contributed by atoms with Crippen LogP contribution in [0.5, 0.6) is 0 Å². The summed E-state index contributed by atoms with van der Waals surface area (Å²) in [6, 6.07) is 6.03. The van der Waals surface area contributed by atoms with Crippen molar-refractivity contribution < 1.29 is 4.79 Å². The first-order chi connectivity index (χ1) is 7.74. The second kappa shape index (κ2) is 4.66. The highest BCUT2D eigenvalue weighted by Gasteiger charge is 2.21. The van der Waals surface area contributed by atoms with Gasteiger partial charge in [0, 0.05) is 25.2 Å². The van der Waals surface area contributed by atoms with Gasteiger partial charge < -0.3 is 10.6 Å².